The van der Waals surface area contributed by atoms with Crippen molar-refractivity contribution < 1.29 is 33.3 Å². The van der Waals surface area contributed by atoms with Crippen LogP contribution in [0.3, 0.4) is 0 Å². The van der Waals surface area contributed by atoms with Crippen LogP contribution in [0.15, 0.2) is 48.5 Å². The molecule has 3 rings (SSSR count). The Labute approximate surface area is 182 Å². The highest BCUT2D eigenvalue weighted by Gasteiger charge is 2.11. The van der Waals surface area contributed by atoms with Crippen LogP contribution in [-0.2, 0) is 19.1 Å². The van der Waals surface area contributed by atoms with Crippen LogP contribution in [0.2, 0.25) is 5.02 Å². The fraction of sp³-hybridized carbons (Fsp3) is 0.190. The highest BCUT2D eigenvalue weighted by atomic mass is 35.5. The third kappa shape index (κ3) is 7.23. The van der Waals surface area contributed by atoms with Crippen molar-refractivity contribution in [1.29, 1.82) is 0 Å². The molecule has 0 radical (unpaired) electrons. The average Bonchev–Trinajstić information content (AvgIpc) is 2.79. The van der Waals surface area contributed by atoms with Crippen molar-refractivity contribution in [2.24, 2.45) is 0 Å². The number of hydrazine groups is 1. The molecule has 0 bridgehead atoms. The van der Waals surface area contributed by atoms with E-state index in [1.807, 2.05) is 0 Å². The summed E-state index contributed by atoms with van der Waals surface area (Å²) in [6.45, 7) is 0.0656. The molecule has 1 heterocycles. The lowest BCUT2D eigenvalue weighted by Crippen LogP contribution is -2.45. The van der Waals surface area contributed by atoms with Crippen LogP contribution in [0.4, 0.5) is 0 Å². The number of fused-ring (bicyclic) bond motifs is 1. The molecule has 0 saturated carbocycles. The SMILES string of the molecule is O=C(COC(=O)C=Cc1ccc2c(c1)OCCO2)NNC(=O)COc1ccc(Cl)cc1. The van der Waals surface area contributed by atoms with Gasteiger partial charge in [-0.2, -0.15) is 0 Å². The van der Waals surface area contributed by atoms with E-state index in [0.29, 0.717) is 41.0 Å². The normalized spacial score (nSPS) is 12.2. The number of rotatable bonds is 7. The van der Waals surface area contributed by atoms with Gasteiger partial charge >= 0.3 is 5.97 Å². The van der Waals surface area contributed by atoms with Crippen molar-refractivity contribution in [3.8, 4) is 17.2 Å². The molecule has 0 fully saturated rings. The Kier molecular flexibility index (Phi) is 7.72. The molecule has 2 amide bonds. The van der Waals surface area contributed by atoms with Gasteiger partial charge in [0.15, 0.2) is 24.7 Å². The van der Waals surface area contributed by atoms with Crippen LogP contribution in [0.25, 0.3) is 6.08 Å². The largest absolute Gasteiger partial charge is 0.486 e. The fourth-order valence-electron chi connectivity index (χ4n) is 2.40. The predicted molar refractivity (Wildman–Crippen MR) is 111 cm³/mol. The fourth-order valence-corrected chi connectivity index (χ4v) is 2.53. The summed E-state index contributed by atoms with van der Waals surface area (Å²) in [6, 6.07) is 11.7. The molecule has 10 heteroatoms. The maximum atomic E-state index is 11.8. The summed E-state index contributed by atoms with van der Waals surface area (Å²) in [5, 5.41) is 0.541. The number of amides is 2. The van der Waals surface area contributed by atoms with Crippen molar-refractivity contribution in [3.63, 3.8) is 0 Å². The molecule has 0 aliphatic carbocycles. The number of benzene rings is 2. The number of ether oxygens (including phenoxy) is 4. The van der Waals surface area contributed by atoms with Gasteiger partial charge in [-0.3, -0.25) is 20.4 Å². The Morgan fingerprint density at radius 3 is 2.35 bits per heavy atom. The third-order valence-electron chi connectivity index (χ3n) is 3.85. The Bertz CT molecular complexity index is 976. The third-order valence-corrected chi connectivity index (χ3v) is 4.10. The van der Waals surface area contributed by atoms with Crippen LogP contribution in [-0.4, -0.2) is 44.2 Å². The molecule has 9 nitrogen and oxygen atoms in total. The molecular formula is C21H19ClN2O7. The maximum absolute atomic E-state index is 11.8. The lowest BCUT2D eigenvalue weighted by Gasteiger charge is -2.18. The summed E-state index contributed by atoms with van der Waals surface area (Å²) in [5.74, 6) is -0.332. The topological polar surface area (TPSA) is 112 Å². The molecule has 1 aliphatic heterocycles. The summed E-state index contributed by atoms with van der Waals surface area (Å²) >= 11 is 5.76. The Morgan fingerprint density at radius 1 is 0.935 bits per heavy atom. The zero-order valence-electron chi connectivity index (χ0n) is 16.3. The summed E-state index contributed by atoms with van der Waals surface area (Å²) in [7, 11) is 0. The number of esters is 1. The van der Waals surface area contributed by atoms with Gasteiger partial charge in [-0.1, -0.05) is 17.7 Å². The van der Waals surface area contributed by atoms with Crippen molar-refractivity contribution in [2.45, 2.75) is 0 Å². The molecule has 162 valence electrons. The second kappa shape index (κ2) is 10.9. The van der Waals surface area contributed by atoms with Crippen molar-refractivity contribution in [3.05, 3.63) is 59.1 Å². The Morgan fingerprint density at radius 2 is 1.61 bits per heavy atom. The zero-order valence-corrected chi connectivity index (χ0v) is 17.0. The van der Waals surface area contributed by atoms with E-state index in [-0.39, 0.29) is 6.61 Å². The first-order valence-electron chi connectivity index (χ1n) is 9.20. The number of halogens is 1. The van der Waals surface area contributed by atoms with Gasteiger partial charge in [0.25, 0.3) is 11.8 Å². The van der Waals surface area contributed by atoms with Gasteiger partial charge in [0.1, 0.15) is 19.0 Å². The van der Waals surface area contributed by atoms with Crippen LogP contribution < -0.4 is 25.1 Å². The minimum atomic E-state index is -0.720. The highest BCUT2D eigenvalue weighted by molar-refractivity contribution is 6.30. The summed E-state index contributed by atoms with van der Waals surface area (Å²) < 4.78 is 20.9. The number of hydrogen-bond donors (Lipinski definition) is 2. The van der Waals surface area contributed by atoms with E-state index in [2.05, 4.69) is 10.9 Å². The predicted octanol–water partition coefficient (Wildman–Crippen LogP) is 1.89. The molecule has 2 aromatic carbocycles. The van der Waals surface area contributed by atoms with E-state index < -0.39 is 24.4 Å². The van der Waals surface area contributed by atoms with Crippen LogP contribution in [0.5, 0.6) is 17.2 Å². The molecule has 0 unspecified atom stereocenters. The average molecular weight is 447 g/mol. The highest BCUT2D eigenvalue weighted by Crippen LogP contribution is 2.31. The van der Waals surface area contributed by atoms with Gasteiger partial charge in [0, 0.05) is 11.1 Å². The molecule has 0 aromatic heterocycles. The van der Waals surface area contributed by atoms with E-state index in [1.165, 1.54) is 12.2 Å². The van der Waals surface area contributed by atoms with Gasteiger partial charge in [0.2, 0.25) is 0 Å². The lowest BCUT2D eigenvalue weighted by atomic mass is 10.2. The van der Waals surface area contributed by atoms with Crippen LogP contribution in [0.1, 0.15) is 5.56 Å². The maximum Gasteiger partial charge on any atom is 0.331 e. The van der Waals surface area contributed by atoms with Gasteiger partial charge in [-0.15, -0.1) is 0 Å². The van der Waals surface area contributed by atoms with E-state index in [4.69, 9.17) is 30.5 Å². The molecule has 0 saturated heterocycles. The van der Waals surface area contributed by atoms with Gasteiger partial charge in [-0.25, -0.2) is 4.79 Å². The second-order valence-corrected chi connectivity index (χ2v) is 6.62. The number of hydrogen-bond acceptors (Lipinski definition) is 7. The first-order valence-corrected chi connectivity index (χ1v) is 9.58. The second-order valence-electron chi connectivity index (χ2n) is 6.18. The molecule has 2 N–H and O–H groups in total. The molecular weight excluding hydrogens is 428 g/mol. The minimum absolute atomic E-state index is 0.319. The quantitative estimate of drug-likeness (QED) is 0.379. The summed E-state index contributed by atoms with van der Waals surface area (Å²) in [4.78, 5) is 35.1. The summed E-state index contributed by atoms with van der Waals surface area (Å²) in [6.07, 6.45) is 2.70. The number of carbonyl (C=O) groups excluding carboxylic acids is 3. The number of carbonyl (C=O) groups is 3. The van der Waals surface area contributed by atoms with Crippen molar-refractivity contribution in [2.75, 3.05) is 26.4 Å². The minimum Gasteiger partial charge on any atom is -0.486 e. The first-order chi connectivity index (χ1) is 15.0. The molecule has 1 aliphatic rings. The van der Waals surface area contributed by atoms with E-state index in [1.54, 1.807) is 42.5 Å². The standard InChI is InChI=1S/C21H19ClN2O7/c22-15-3-5-16(6-4-15)30-12-19(25)23-24-20(26)13-31-21(27)8-2-14-1-7-17-18(11-14)29-10-9-28-17/h1-8,11H,9-10,12-13H2,(H,23,25)(H,24,26). The van der Waals surface area contributed by atoms with Gasteiger partial charge < -0.3 is 18.9 Å². The number of nitrogens with one attached hydrogen (secondary N) is 2. The van der Waals surface area contributed by atoms with Crippen molar-refractivity contribution in [1.82, 2.24) is 10.9 Å². The van der Waals surface area contributed by atoms with E-state index in [9.17, 15) is 14.4 Å². The molecule has 2 aromatic rings. The monoisotopic (exact) mass is 446 g/mol. The molecule has 0 spiro atoms. The Balaban J connectivity index is 1.34. The van der Waals surface area contributed by atoms with Gasteiger partial charge in [-0.05, 0) is 48.0 Å². The Hall–Kier alpha value is -3.72. The van der Waals surface area contributed by atoms with Gasteiger partial charge in [0.05, 0.1) is 0 Å². The lowest BCUT2D eigenvalue weighted by molar-refractivity contribution is -0.144. The van der Waals surface area contributed by atoms with E-state index >= 15 is 0 Å². The molecule has 31 heavy (non-hydrogen) atoms. The smallest absolute Gasteiger partial charge is 0.331 e. The van der Waals surface area contributed by atoms with Crippen LogP contribution >= 0.6 is 11.6 Å². The van der Waals surface area contributed by atoms with E-state index in [0.717, 1.165) is 0 Å². The van der Waals surface area contributed by atoms with Crippen LogP contribution in [0, 0.1) is 0 Å². The zero-order chi connectivity index (χ0) is 22.1. The van der Waals surface area contributed by atoms with Crippen molar-refractivity contribution >= 4 is 35.5 Å². The molecule has 0 atom stereocenters. The first kappa shape index (κ1) is 22.0. The summed E-state index contributed by atoms with van der Waals surface area (Å²) in [5.41, 5.74) is 4.98.